The molecule has 0 radical (unpaired) electrons. The predicted molar refractivity (Wildman–Crippen MR) is 121 cm³/mol. The van der Waals surface area contributed by atoms with Gasteiger partial charge in [0.2, 0.25) is 15.9 Å². The topological polar surface area (TPSA) is 107 Å². The fourth-order valence-corrected chi connectivity index (χ4v) is 4.25. The van der Waals surface area contributed by atoms with Crippen LogP contribution in [0.2, 0.25) is 0 Å². The number of benzene rings is 2. The molecule has 10 heteroatoms. The van der Waals surface area contributed by atoms with Gasteiger partial charge in [0, 0.05) is 23.2 Å². The molecular formula is C21H23N3O5S2. The number of sulfonamides is 1. The molecule has 0 fully saturated rings. The number of carbonyl (C=O) groups excluding carboxylic acids is 1. The lowest BCUT2D eigenvalue weighted by molar-refractivity contribution is -0.120. The summed E-state index contributed by atoms with van der Waals surface area (Å²) < 4.78 is 35.7. The largest absolute Gasteiger partial charge is 0.493 e. The van der Waals surface area contributed by atoms with Crippen molar-refractivity contribution in [2.24, 2.45) is 0 Å². The Bertz CT molecular complexity index is 1180. The Morgan fingerprint density at radius 1 is 1.10 bits per heavy atom. The maximum Gasteiger partial charge on any atom is 0.229 e. The number of anilines is 1. The molecular weight excluding hydrogens is 438 g/mol. The Kier molecular flexibility index (Phi) is 7.13. The number of methoxy groups -OCH3 is 2. The molecule has 3 rings (SSSR count). The van der Waals surface area contributed by atoms with Crippen LogP contribution in [0, 0.1) is 0 Å². The predicted octanol–water partition coefficient (Wildman–Crippen LogP) is 3.06. The average Bonchev–Trinajstić information content (AvgIpc) is 3.19. The van der Waals surface area contributed by atoms with Gasteiger partial charge in [-0.05, 0) is 35.9 Å². The number of ether oxygens (including phenoxy) is 2. The number of aromatic nitrogens is 1. The monoisotopic (exact) mass is 461 g/mol. The summed E-state index contributed by atoms with van der Waals surface area (Å²) in [7, 11) is -0.199. The third-order valence-corrected chi connectivity index (χ3v) is 5.79. The Balaban J connectivity index is 1.60. The van der Waals surface area contributed by atoms with Crippen molar-refractivity contribution in [2.45, 2.75) is 13.0 Å². The summed E-state index contributed by atoms with van der Waals surface area (Å²) in [5.41, 5.74) is 2.78. The molecule has 0 saturated heterocycles. The van der Waals surface area contributed by atoms with E-state index in [0.29, 0.717) is 22.9 Å². The lowest BCUT2D eigenvalue weighted by Gasteiger charge is -2.08. The first-order valence-corrected chi connectivity index (χ1v) is 12.0. The number of hydrogen-bond acceptors (Lipinski definition) is 7. The van der Waals surface area contributed by atoms with E-state index < -0.39 is 10.0 Å². The van der Waals surface area contributed by atoms with Gasteiger partial charge in [0.1, 0.15) is 5.01 Å². The number of hydrogen-bond donors (Lipinski definition) is 2. The molecule has 3 aromatic rings. The standard InChI is InChI=1S/C21H23N3O5S2/c1-28-18-8-7-15(10-19(18)29-2)21-23-17(13-30-21)11-20(25)22-12-14-5-4-6-16(9-14)24-31(3,26)27/h4-10,13,24H,11-12H2,1-3H3,(H,22,25). The third kappa shape index (κ3) is 6.43. The van der Waals surface area contributed by atoms with E-state index in [-0.39, 0.29) is 18.9 Å². The van der Waals surface area contributed by atoms with Crippen LogP contribution < -0.4 is 19.5 Å². The average molecular weight is 462 g/mol. The van der Waals surface area contributed by atoms with Crippen molar-refractivity contribution in [1.82, 2.24) is 10.3 Å². The van der Waals surface area contributed by atoms with E-state index in [2.05, 4.69) is 15.0 Å². The highest BCUT2D eigenvalue weighted by Gasteiger charge is 2.12. The van der Waals surface area contributed by atoms with E-state index in [0.717, 1.165) is 22.4 Å². The summed E-state index contributed by atoms with van der Waals surface area (Å²) in [4.78, 5) is 16.9. The number of amides is 1. The second-order valence-corrected chi connectivity index (χ2v) is 9.35. The first-order valence-electron chi connectivity index (χ1n) is 9.27. The van der Waals surface area contributed by atoms with Gasteiger partial charge in [-0.15, -0.1) is 11.3 Å². The highest BCUT2D eigenvalue weighted by atomic mass is 32.2. The van der Waals surface area contributed by atoms with Crippen LogP contribution in [0.1, 0.15) is 11.3 Å². The van der Waals surface area contributed by atoms with Crippen LogP contribution in [0.4, 0.5) is 5.69 Å². The molecule has 1 aromatic heterocycles. The number of thiazole rings is 1. The fraction of sp³-hybridized carbons (Fsp3) is 0.238. The summed E-state index contributed by atoms with van der Waals surface area (Å²) in [5.74, 6) is 1.07. The zero-order valence-electron chi connectivity index (χ0n) is 17.3. The van der Waals surface area contributed by atoms with Gasteiger partial charge in [0.25, 0.3) is 0 Å². The summed E-state index contributed by atoms with van der Waals surface area (Å²) in [6, 6.07) is 12.4. The molecule has 1 heterocycles. The van der Waals surface area contributed by atoms with E-state index in [1.807, 2.05) is 29.6 Å². The van der Waals surface area contributed by atoms with Gasteiger partial charge in [0.15, 0.2) is 11.5 Å². The van der Waals surface area contributed by atoms with Gasteiger partial charge >= 0.3 is 0 Å². The number of nitrogens with one attached hydrogen (secondary N) is 2. The summed E-state index contributed by atoms with van der Waals surface area (Å²) in [6.07, 6.45) is 1.23. The Hall–Kier alpha value is -3.11. The molecule has 2 aromatic carbocycles. The summed E-state index contributed by atoms with van der Waals surface area (Å²) in [6.45, 7) is 0.283. The Morgan fingerprint density at radius 3 is 2.58 bits per heavy atom. The summed E-state index contributed by atoms with van der Waals surface area (Å²) in [5, 5.41) is 5.46. The highest BCUT2D eigenvalue weighted by Crippen LogP contribution is 2.33. The van der Waals surface area contributed by atoms with Gasteiger partial charge in [-0.2, -0.15) is 0 Å². The Morgan fingerprint density at radius 2 is 1.87 bits per heavy atom. The second-order valence-electron chi connectivity index (χ2n) is 6.74. The minimum absolute atomic E-state index is 0.144. The first-order chi connectivity index (χ1) is 14.8. The lowest BCUT2D eigenvalue weighted by atomic mass is 10.2. The molecule has 0 spiro atoms. The van der Waals surface area contributed by atoms with Crippen molar-refractivity contribution in [3.05, 3.63) is 59.1 Å². The molecule has 2 N–H and O–H groups in total. The van der Waals surface area contributed by atoms with Crippen LogP contribution >= 0.6 is 11.3 Å². The molecule has 0 aliphatic rings. The van der Waals surface area contributed by atoms with E-state index in [4.69, 9.17) is 9.47 Å². The van der Waals surface area contributed by atoms with Crippen LogP contribution in [-0.2, 0) is 27.8 Å². The third-order valence-electron chi connectivity index (χ3n) is 4.24. The molecule has 0 aliphatic heterocycles. The van der Waals surface area contributed by atoms with Crippen LogP contribution in [0.15, 0.2) is 47.8 Å². The van der Waals surface area contributed by atoms with Gasteiger partial charge in [0.05, 0.1) is 32.6 Å². The van der Waals surface area contributed by atoms with Gasteiger partial charge in [-0.25, -0.2) is 13.4 Å². The zero-order chi connectivity index (χ0) is 22.4. The number of rotatable bonds is 9. The lowest BCUT2D eigenvalue weighted by Crippen LogP contribution is -2.24. The molecule has 0 aliphatic carbocycles. The van der Waals surface area contributed by atoms with Gasteiger partial charge in [-0.1, -0.05) is 12.1 Å². The highest BCUT2D eigenvalue weighted by molar-refractivity contribution is 7.92. The quantitative estimate of drug-likeness (QED) is 0.507. The zero-order valence-corrected chi connectivity index (χ0v) is 19.0. The fourth-order valence-electron chi connectivity index (χ4n) is 2.88. The van der Waals surface area contributed by atoms with Crippen LogP contribution in [0.3, 0.4) is 0 Å². The van der Waals surface area contributed by atoms with Crippen molar-refractivity contribution < 1.29 is 22.7 Å². The molecule has 0 atom stereocenters. The molecule has 0 bridgehead atoms. The maximum absolute atomic E-state index is 12.3. The molecule has 164 valence electrons. The summed E-state index contributed by atoms with van der Waals surface area (Å²) >= 11 is 1.45. The van der Waals surface area contributed by atoms with E-state index in [9.17, 15) is 13.2 Å². The van der Waals surface area contributed by atoms with E-state index >= 15 is 0 Å². The minimum atomic E-state index is -3.35. The van der Waals surface area contributed by atoms with E-state index in [1.54, 1.807) is 32.4 Å². The Labute approximate surface area is 185 Å². The minimum Gasteiger partial charge on any atom is -0.493 e. The molecule has 1 amide bonds. The molecule has 0 saturated carbocycles. The van der Waals surface area contributed by atoms with Crippen LogP contribution in [0.5, 0.6) is 11.5 Å². The molecule has 0 unspecified atom stereocenters. The van der Waals surface area contributed by atoms with E-state index in [1.165, 1.54) is 11.3 Å². The second kappa shape index (κ2) is 9.80. The van der Waals surface area contributed by atoms with Crippen molar-refractivity contribution in [1.29, 1.82) is 0 Å². The van der Waals surface area contributed by atoms with Crippen molar-refractivity contribution in [3.8, 4) is 22.1 Å². The maximum atomic E-state index is 12.3. The van der Waals surface area contributed by atoms with Crippen LogP contribution in [-0.4, -0.2) is 39.8 Å². The normalized spacial score (nSPS) is 11.1. The molecule has 31 heavy (non-hydrogen) atoms. The number of carbonyl (C=O) groups is 1. The molecule has 8 nitrogen and oxygen atoms in total. The van der Waals surface area contributed by atoms with Crippen molar-refractivity contribution in [2.75, 3.05) is 25.2 Å². The number of nitrogens with zero attached hydrogens (tertiary/aromatic N) is 1. The smallest absolute Gasteiger partial charge is 0.229 e. The van der Waals surface area contributed by atoms with Crippen molar-refractivity contribution >= 4 is 33.0 Å². The van der Waals surface area contributed by atoms with Gasteiger partial charge in [-0.3, -0.25) is 9.52 Å². The van der Waals surface area contributed by atoms with Crippen LogP contribution in [0.25, 0.3) is 10.6 Å². The van der Waals surface area contributed by atoms with Crippen molar-refractivity contribution in [3.63, 3.8) is 0 Å². The first kappa shape index (κ1) is 22.6. The van der Waals surface area contributed by atoms with Gasteiger partial charge < -0.3 is 14.8 Å². The SMILES string of the molecule is COc1ccc(-c2nc(CC(=O)NCc3cccc(NS(C)(=O)=O)c3)cs2)cc1OC.